The van der Waals surface area contributed by atoms with Crippen LogP contribution in [0.15, 0.2) is 15.8 Å². The Morgan fingerprint density at radius 2 is 2.07 bits per heavy atom. The third-order valence-corrected chi connectivity index (χ3v) is 2.42. The van der Waals surface area contributed by atoms with E-state index in [0.29, 0.717) is 6.42 Å². The molecule has 1 N–H and O–H groups in total. The Morgan fingerprint density at radius 3 is 2.57 bits per heavy atom. The van der Waals surface area contributed by atoms with E-state index >= 15 is 0 Å². The second-order valence-electron chi connectivity index (χ2n) is 3.77. The number of halogens is 1. The van der Waals surface area contributed by atoms with Crippen molar-refractivity contribution in [2.24, 2.45) is 0 Å². The van der Waals surface area contributed by atoms with Crippen LogP contribution in [0.25, 0.3) is 0 Å². The van der Waals surface area contributed by atoms with Gasteiger partial charge in [-0.3, -0.25) is 14.3 Å². The van der Waals surface area contributed by atoms with Crippen molar-refractivity contribution in [3.05, 3.63) is 32.9 Å². The Labute approximate surface area is 80.4 Å². The number of nitrogens with one attached hydrogen (secondary N) is 1. The van der Waals surface area contributed by atoms with Crippen LogP contribution >= 0.6 is 0 Å². The minimum atomic E-state index is -0.974. The largest absolute Gasteiger partial charge is 0.328 e. The minimum Gasteiger partial charge on any atom is -0.292 e. The Hall–Kier alpha value is -1.39. The van der Waals surface area contributed by atoms with Gasteiger partial charge in [0.05, 0.1) is 6.20 Å². The van der Waals surface area contributed by atoms with Crippen molar-refractivity contribution in [1.29, 1.82) is 0 Å². The summed E-state index contributed by atoms with van der Waals surface area (Å²) in [6, 6.07) is 0. The highest BCUT2D eigenvalue weighted by Gasteiger charge is 2.20. The molecule has 0 aliphatic carbocycles. The highest BCUT2D eigenvalue weighted by molar-refractivity contribution is 4.92. The molecule has 0 saturated heterocycles. The van der Waals surface area contributed by atoms with Crippen molar-refractivity contribution in [3.8, 4) is 0 Å². The van der Waals surface area contributed by atoms with Crippen LogP contribution in [-0.4, -0.2) is 9.55 Å². The summed E-state index contributed by atoms with van der Waals surface area (Å²) in [4.78, 5) is 24.0. The van der Waals surface area contributed by atoms with E-state index in [1.54, 1.807) is 13.8 Å². The molecule has 0 spiro atoms. The third-order valence-electron chi connectivity index (χ3n) is 2.42. The van der Waals surface area contributed by atoms with E-state index in [1.807, 2.05) is 11.9 Å². The summed E-state index contributed by atoms with van der Waals surface area (Å²) >= 11 is 0. The quantitative estimate of drug-likeness (QED) is 0.768. The smallest absolute Gasteiger partial charge is 0.292 e. The van der Waals surface area contributed by atoms with Crippen LogP contribution in [0.3, 0.4) is 0 Å². The van der Waals surface area contributed by atoms with E-state index < -0.39 is 22.6 Å². The molecule has 1 rings (SSSR count). The van der Waals surface area contributed by atoms with Crippen LogP contribution < -0.4 is 11.2 Å². The molecule has 4 nitrogen and oxygen atoms in total. The summed E-state index contributed by atoms with van der Waals surface area (Å²) in [5, 5.41) is 0. The highest BCUT2D eigenvalue weighted by atomic mass is 19.1. The number of hydrogen-bond acceptors (Lipinski definition) is 2. The Kier molecular flexibility index (Phi) is 2.59. The Balaban J connectivity index is 3.45. The monoisotopic (exact) mass is 200 g/mol. The molecule has 0 aliphatic heterocycles. The first-order chi connectivity index (χ1) is 6.38. The number of hydrogen-bond donors (Lipinski definition) is 1. The summed E-state index contributed by atoms with van der Waals surface area (Å²) < 4.78 is 14.1. The van der Waals surface area contributed by atoms with Crippen molar-refractivity contribution in [2.45, 2.75) is 32.7 Å². The molecule has 14 heavy (non-hydrogen) atoms. The van der Waals surface area contributed by atoms with Gasteiger partial charge >= 0.3 is 5.69 Å². The van der Waals surface area contributed by atoms with E-state index in [-0.39, 0.29) is 0 Å². The maximum atomic E-state index is 12.9. The minimum absolute atomic E-state index is 0.498. The topological polar surface area (TPSA) is 54.9 Å². The molecular weight excluding hydrogens is 187 g/mol. The lowest BCUT2D eigenvalue weighted by Crippen LogP contribution is -2.40. The third kappa shape index (κ3) is 1.76. The van der Waals surface area contributed by atoms with Crippen LogP contribution in [-0.2, 0) is 5.54 Å². The van der Waals surface area contributed by atoms with E-state index in [1.165, 1.54) is 4.57 Å². The lowest BCUT2D eigenvalue weighted by molar-refractivity contribution is 0.318. The first kappa shape index (κ1) is 10.7. The Bertz CT molecular complexity index is 445. The van der Waals surface area contributed by atoms with E-state index in [2.05, 4.69) is 0 Å². The summed E-state index contributed by atoms with van der Waals surface area (Å²) in [6.07, 6.45) is 1.61. The predicted octanol–water partition coefficient (Wildman–Crippen LogP) is 0.821. The molecule has 0 bridgehead atoms. The zero-order valence-electron chi connectivity index (χ0n) is 8.43. The van der Waals surface area contributed by atoms with Gasteiger partial charge in [-0.05, 0) is 20.3 Å². The number of rotatable bonds is 2. The molecule has 5 heteroatoms. The van der Waals surface area contributed by atoms with Crippen LogP contribution in [0, 0.1) is 5.82 Å². The summed E-state index contributed by atoms with van der Waals surface area (Å²) in [7, 11) is 0. The average Bonchev–Trinajstić information content (AvgIpc) is 2.11. The SMILES string of the molecule is CCC(C)(C)n1cc(F)c(=O)[nH]c1=O. The number of H-pyrrole nitrogens is 1. The second kappa shape index (κ2) is 3.40. The van der Waals surface area contributed by atoms with E-state index in [4.69, 9.17) is 0 Å². The van der Waals surface area contributed by atoms with E-state index in [0.717, 1.165) is 6.20 Å². The fourth-order valence-corrected chi connectivity index (χ4v) is 1.07. The van der Waals surface area contributed by atoms with Gasteiger partial charge in [0.25, 0.3) is 5.56 Å². The van der Waals surface area contributed by atoms with Crippen molar-refractivity contribution < 1.29 is 4.39 Å². The molecule has 0 atom stereocenters. The fourth-order valence-electron chi connectivity index (χ4n) is 1.07. The number of nitrogens with zero attached hydrogens (tertiary/aromatic N) is 1. The molecule has 1 heterocycles. The highest BCUT2D eigenvalue weighted by Crippen LogP contribution is 2.15. The van der Waals surface area contributed by atoms with Gasteiger partial charge in [-0.2, -0.15) is 4.39 Å². The van der Waals surface area contributed by atoms with Gasteiger partial charge in [0.2, 0.25) is 5.82 Å². The maximum Gasteiger partial charge on any atom is 0.328 e. The fraction of sp³-hybridized carbons (Fsp3) is 0.556. The standard InChI is InChI=1S/C9H13FN2O2/c1-4-9(2,3)12-5-6(10)7(13)11-8(12)14/h5H,4H2,1-3H3,(H,11,13,14). The summed E-state index contributed by atoms with van der Waals surface area (Å²) in [5.41, 5.74) is -2.05. The second-order valence-corrected chi connectivity index (χ2v) is 3.77. The molecule has 0 aliphatic rings. The molecule has 0 unspecified atom stereocenters. The number of aromatic nitrogens is 2. The summed E-state index contributed by atoms with van der Waals surface area (Å²) in [5.74, 6) is -0.939. The van der Waals surface area contributed by atoms with Crippen LogP contribution in [0.4, 0.5) is 4.39 Å². The zero-order valence-corrected chi connectivity index (χ0v) is 8.43. The molecule has 1 aromatic rings. The van der Waals surface area contributed by atoms with Crippen molar-refractivity contribution in [2.75, 3.05) is 0 Å². The molecular formula is C9H13FN2O2. The van der Waals surface area contributed by atoms with Gasteiger partial charge in [-0.15, -0.1) is 0 Å². The van der Waals surface area contributed by atoms with Gasteiger partial charge in [0.15, 0.2) is 0 Å². The first-order valence-electron chi connectivity index (χ1n) is 4.40. The van der Waals surface area contributed by atoms with Gasteiger partial charge in [0, 0.05) is 5.54 Å². The van der Waals surface area contributed by atoms with Crippen molar-refractivity contribution in [1.82, 2.24) is 9.55 Å². The van der Waals surface area contributed by atoms with Gasteiger partial charge in [-0.25, -0.2) is 4.79 Å². The van der Waals surface area contributed by atoms with Crippen molar-refractivity contribution >= 4 is 0 Å². The van der Waals surface area contributed by atoms with Crippen LogP contribution in [0.2, 0.25) is 0 Å². The molecule has 0 radical (unpaired) electrons. The lowest BCUT2D eigenvalue weighted by atomic mass is 10.0. The van der Waals surface area contributed by atoms with Gasteiger partial charge in [-0.1, -0.05) is 6.92 Å². The van der Waals surface area contributed by atoms with E-state index in [9.17, 15) is 14.0 Å². The average molecular weight is 200 g/mol. The molecule has 0 aromatic carbocycles. The summed E-state index contributed by atoms with van der Waals surface area (Å²) in [6.45, 7) is 5.48. The first-order valence-corrected chi connectivity index (χ1v) is 4.40. The zero-order chi connectivity index (χ0) is 10.9. The molecule has 78 valence electrons. The molecule has 0 saturated carbocycles. The number of aromatic amines is 1. The van der Waals surface area contributed by atoms with Crippen LogP contribution in [0.1, 0.15) is 27.2 Å². The van der Waals surface area contributed by atoms with Gasteiger partial charge < -0.3 is 0 Å². The predicted molar refractivity (Wildman–Crippen MR) is 50.9 cm³/mol. The maximum absolute atomic E-state index is 12.9. The van der Waals surface area contributed by atoms with Crippen LogP contribution in [0.5, 0.6) is 0 Å². The molecule has 0 amide bonds. The lowest BCUT2D eigenvalue weighted by Gasteiger charge is -2.25. The molecule has 0 fully saturated rings. The van der Waals surface area contributed by atoms with Crippen molar-refractivity contribution in [3.63, 3.8) is 0 Å². The molecule has 1 aromatic heterocycles. The van der Waals surface area contributed by atoms with Gasteiger partial charge in [0.1, 0.15) is 0 Å². The normalized spacial score (nSPS) is 11.7. The Morgan fingerprint density at radius 1 is 1.50 bits per heavy atom.